The number of hydrogen-bond acceptors (Lipinski definition) is 5. The normalized spacial score (nSPS) is 10.7. The Labute approximate surface area is 171 Å². The maximum Gasteiger partial charge on any atom is 0.293 e. The van der Waals surface area contributed by atoms with Crippen LogP contribution in [0.5, 0.6) is 0 Å². The van der Waals surface area contributed by atoms with Crippen molar-refractivity contribution >= 4 is 29.0 Å². The number of aromatic nitrogens is 2. The van der Waals surface area contributed by atoms with Crippen molar-refractivity contribution < 1.29 is 13.9 Å². The van der Waals surface area contributed by atoms with E-state index in [1.807, 2.05) is 60.7 Å². The van der Waals surface area contributed by atoms with Crippen molar-refractivity contribution in [2.24, 2.45) is 0 Å². The standard InChI is InChI=1S/C23H18FN3O3/c24-19-13-18-21(29)14-22(25-16-7-3-1-4-8-16)27(17-9-5-2-6-10-17)23(18)26-20(19)11-12-30-15-28/h1-10,13-15,25H,11-12H2. The Morgan fingerprint density at radius 1 is 1.03 bits per heavy atom. The zero-order valence-corrected chi connectivity index (χ0v) is 15.9. The Balaban J connectivity index is 1.95. The van der Waals surface area contributed by atoms with Crippen LogP contribution in [0, 0.1) is 5.82 Å². The van der Waals surface area contributed by atoms with E-state index >= 15 is 0 Å². The molecule has 7 heteroatoms. The lowest BCUT2D eigenvalue weighted by Crippen LogP contribution is -2.15. The first-order valence-corrected chi connectivity index (χ1v) is 9.35. The van der Waals surface area contributed by atoms with Gasteiger partial charge in [0.2, 0.25) is 0 Å². The highest BCUT2D eigenvalue weighted by Gasteiger charge is 2.16. The second-order valence-electron chi connectivity index (χ2n) is 6.56. The van der Waals surface area contributed by atoms with Gasteiger partial charge >= 0.3 is 0 Å². The van der Waals surface area contributed by atoms with Crippen LogP contribution in [0.2, 0.25) is 0 Å². The van der Waals surface area contributed by atoms with Gasteiger partial charge in [-0.15, -0.1) is 0 Å². The van der Waals surface area contributed by atoms with Gasteiger partial charge in [-0.2, -0.15) is 0 Å². The molecule has 2 aromatic heterocycles. The second kappa shape index (κ2) is 8.57. The highest BCUT2D eigenvalue weighted by molar-refractivity contribution is 5.81. The monoisotopic (exact) mass is 403 g/mol. The Kier molecular flexibility index (Phi) is 5.52. The van der Waals surface area contributed by atoms with Gasteiger partial charge in [-0.1, -0.05) is 36.4 Å². The molecule has 1 N–H and O–H groups in total. The van der Waals surface area contributed by atoms with E-state index in [0.29, 0.717) is 17.9 Å². The summed E-state index contributed by atoms with van der Waals surface area (Å²) in [6, 6.07) is 21.4. The lowest BCUT2D eigenvalue weighted by Gasteiger charge is -2.18. The molecule has 150 valence electrons. The molecule has 0 amide bonds. The predicted octanol–water partition coefficient (Wildman–Crippen LogP) is 3.98. The molecule has 0 saturated carbocycles. The summed E-state index contributed by atoms with van der Waals surface area (Å²) in [7, 11) is 0. The van der Waals surface area contributed by atoms with E-state index < -0.39 is 5.82 Å². The van der Waals surface area contributed by atoms with E-state index in [1.54, 1.807) is 4.57 Å². The highest BCUT2D eigenvalue weighted by Crippen LogP contribution is 2.25. The fraction of sp³-hybridized carbons (Fsp3) is 0.0870. The number of halogens is 1. The van der Waals surface area contributed by atoms with Gasteiger partial charge in [0.1, 0.15) is 17.3 Å². The number of carbonyl (C=O) groups is 1. The first kappa shape index (κ1) is 19.3. The second-order valence-corrected chi connectivity index (χ2v) is 6.56. The number of nitrogens with zero attached hydrogens (tertiary/aromatic N) is 2. The number of anilines is 2. The van der Waals surface area contributed by atoms with Gasteiger partial charge < -0.3 is 10.1 Å². The molecule has 2 aromatic carbocycles. The number of ether oxygens (including phenoxy) is 1. The summed E-state index contributed by atoms with van der Waals surface area (Å²) in [6.07, 6.45) is 0.0971. The Bertz CT molecular complexity index is 1240. The van der Waals surface area contributed by atoms with Crippen molar-refractivity contribution in [3.63, 3.8) is 0 Å². The summed E-state index contributed by atoms with van der Waals surface area (Å²) < 4.78 is 21.0. The van der Waals surface area contributed by atoms with Crippen LogP contribution in [0.25, 0.3) is 16.7 Å². The van der Waals surface area contributed by atoms with Gasteiger partial charge in [0.25, 0.3) is 6.47 Å². The number of benzene rings is 2. The van der Waals surface area contributed by atoms with Crippen LogP contribution < -0.4 is 10.7 Å². The summed E-state index contributed by atoms with van der Waals surface area (Å²) >= 11 is 0. The van der Waals surface area contributed by atoms with E-state index in [1.165, 1.54) is 12.1 Å². The lowest BCUT2D eigenvalue weighted by molar-refractivity contribution is -0.128. The van der Waals surface area contributed by atoms with Gasteiger partial charge in [-0.3, -0.25) is 14.2 Å². The van der Waals surface area contributed by atoms with Crippen LogP contribution in [0.4, 0.5) is 15.9 Å². The van der Waals surface area contributed by atoms with Gasteiger partial charge in [0, 0.05) is 23.9 Å². The molecule has 0 aliphatic rings. The number of fused-ring (bicyclic) bond motifs is 1. The summed E-state index contributed by atoms with van der Waals surface area (Å²) in [5, 5.41) is 3.41. The van der Waals surface area contributed by atoms with E-state index in [0.717, 1.165) is 11.4 Å². The Morgan fingerprint density at radius 3 is 2.43 bits per heavy atom. The fourth-order valence-electron chi connectivity index (χ4n) is 3.23. The van der Waals surface area contributed by atoms with Gasteiger partial charge in [0.15, 0.2) is 5.43 Å². The molecule has 30 heavy (non-hydrogen) atoms. The number of para-hydroxylation sites is 2. The van der Waals surface area contributed by atoms with Crippen LogP contribution in [-0.4, -0.2) is 22.6 Å². The molecule has 0 saturated heterocycles. The molecule has 0 fully saturated rings. The zero-order valence-electron chi connectivity index (χ0n) is 15.9. The van der Waals surface area contributed by atoms with Crippen LogP contribution in [0.15, 0.2) is 77.6 Å². The maximum absolute atomic E-state index is 14.5. The SMILES string of the molecule is O=COCCc1nc2c(cc1F)c(=O)cc(Nc1ccccc1)n2-c1ccccc1. The molecule has 0 atom stereocenters. The van der Waals surface area contributed by atoms with Crippen molar-refractivity contribution in [1.29, 1.82) is 0 Å². The largest absolute Gasteiger partial charge is 0.467 e. The molecule has 4 rings (SSSR count). The average molecular weight is 403 g/mol. The lowest BCUT2D eigenvalue weighted by atomic mass is 10.2. The van der Waals surface area contributed by atoms with Crippen LogP contribution in [-0.2, 0) is 16.0 Å². The molecule has 0 aliphatic carbocycles. The number of rotatable bonds is 7. The summed E-state index contributed by atoms with van der Waals surface area (Å²) in [5.41, 5.74) is 1.63. The molecular formula is C23H18FN3O3. The first-order valence-electron chi connectivity index (χ1n) is 9.35. The van der Waals surface area contributed by atoms with Crippen LogP contribution in [0.3, 0.4) is 0 Å². The third-order valence-electron chi connectivity index (χ3n) is 4.60. The van der Waals surface area contributed by atoms with E-state index in [9.17, 15) is 14.0 Å². The Hall–Kier alpha value is -4.00. The minimum atomic E-state index is -0.613. The third-order valence-corrected chi connectivity index (χ3v) is 4.60. The fourth-order valence-corrected chi connectivity index (χ4v) is 3.23. The highest BCUT2D eigenvalue weighted by atomic mass is 19.1. The number of hydrogen-bond donors (Lipinski definition) is 1. The minimum absolute atomic E-state index is 0.00352. The first-order chi connectivity index (χ1) is 14.7. The van der Waals surface area contributed by atoms with Crippen molar-refractivity contribution in [2.75, 3.05) is 11.9 Å². The van der Waals surface area contributed by atoms with Crippen molar-refractivity contribution in [3.8, 4) is 5.69 Å². The molecule has 2 heterocycles. The Morgan fingerprint density at radius 2 is 1.73 bits per heavy atom. The summed E-state index contributed by atoms with van der Waals surface area (Å²) in [4.78, 5) is 27.6. The molecular weight excluding hydrogens is 385 g/mol. The zero-order chi connectivity index (χ0) is 20.9. The minimum Gasteiger partial charge on any atom is -0.467 e. The van der Waals surface area contributed by atoms with E-state index in [4.69, 9.17) is 0 Å². The predicted molar refractivity (Wildman–Crippen MR) is 113 cm³/mol. The summed E-state index contributed by atoms with van der Waals surface area (Å²) in [6.45, 7) is 0.303. The van der Waals surface area contributed by atoms with E-state index in [2.05, 4.69) is 15.0 Å². The van der Waals surface area contributed by atoms with Crippen LogP contribution >= 0.6 is 0 Å². The van der Waals surface area contributed by atoms with Crippen molar-refractivity contribution in [2.45, 2.75) is 6.42 Å². The summed E-state index contributed by atoms with van der Waals surface area (Å²) in [5.74, 6) is -0.114. The molecule has 0 radical (unpaired) electrons. The van der Waals surface area contributed by atoms with Crippen molar-refractivity contribution in [1.82, 2.24) is 9.55 Å². The van der Waals surface area contributed by atoms with Crippen LogP contribution in [0.1, 0.15) is 5.69 Å². The molecule has 0 unspecified atom stereocenters. The molecule has 0 spiro atoms. The van der Waals surface area contributed by atoms with Gasteiger partial charge in [0.05, 0.1) is 17.7 Å². The number of carbonyl (C=O) groups excluding carboxylic acids is 1. The smallest absolute Gasteiger partial charge is 0.293 e. The molecule has 0 aliphatic heterocycles. The van der Waals surface area contributed by atoms with Crippen molar-refractivity contribution in [3.05, 3.63) is 94.5 Å². The third kappa shape index (κ3) is 3.91. The topological polar surface area (TPSA) is 73.2 Å². The van der Waals surface area contributed by atoms with Gasteiger partial charge in [-0.05, 0) is 30.3 Å². The van der Waals surface area contributed by atoms with E-state index in [-0.39, 0.29) is 29.5 Å². The molecule has 6 nitrogen and oxygen atoms in total. The maximum atomic E-state index is 14.5. The molecule has 4 aromatic rings. The quantitative estimate of drug-likeness (QED) is 0.373. The number of pyridine rings is 2. The number of nitrogens with one attached hydrogen (secondary N) is 1. The van der Waals surface area contributed by atoms with Gasteiger partial charge in [-0.25, -0.2) is 9.37 Å². The molecule has 0 bridgehead atoms. The average Bonchev–Trinajstić information content (AvgIpc) is 2.76.